The lowest BCUT2D eigenvalue weighted by atomic mass is 9.88. The van der Waals surface area contributed by atoms with E-state index >= 15 is 0 Å². The zero-order chi connectivity index (χ0) is 16.7. The molecule has 1 amide bonds. The Morgan fingerprint density at radius 1 is 1.24 bits per heavy atom. The third-order valence-corrected chi connectivity index (χ3v) is 3.19. The summed E-state index contributed by atoms with van der Waals surface area (Å²) in [6.07, 6.45) is -0.0202. The molecule has 0 aliphatic rings. The fourth-order valence-corrected chi connectivity index (χ4v) is 2.16. The van der Waals surface area contributed by atoms with Crippen LogP contribution < -0.4 is 11.1 Å². The number of alkyl carbamates (subject to hydrolysis) is 1. The number of hydrogen-bond donors (Lipinski definition) is 3. The van der Waals surface area contributed by atoms with Crippen molar-refractivity contribution >= 4 is 33.8 Å². The van der Waals surface area contributed by atoms with Crippen molar-refractivity contribution in [3.05, 3.63) is 0 Å². The minimum absolute atomic E-state index is 0.0385. The smallest absolute Gasteiger partial charge is 0.408 e. The van der Waals surface area contributed by atoms with E-state index in [9.17, 15) is 19.5 Å². The molecule has 0 aromatic rings. The van der Waals surface area contributed by atoms with Crippen LogP contribution in [0, 0.1) is 0 Å². The van der Waals surface area contributed by atoms with Crippen LogP contribution in [0.5, 0.6) is 0 Å². The summed E-state index contributed by atoms with van der Waals surface area (Å²) in [6, 6.07) is 0. The highest BCUT2D eigenvalue weighted by molar-refractivity contribution is 9.09. The Labute approximate surface area is 132 Å². The van der Waals surface area contributed by atoms with Crippen LogP contribution in [0.15, 0.2) is 0 Å². The zero-order valence-corrected chi connectivity index (χ0v) is 14.2. The summed E-state index contributed by atoms with van der Waals surface area (Å²) in [4.78, 5) is 35.5. The van der Waals surface area contributed by atoms with Crippen LogP contribution >= 0.6 is 15.9 Å². The number of unbranched alkanes of at least 4 members (excludes halogenated alkanes) is 1. The van der Waals surface area contributed by atoms with Gasteiger partial charge in [-0.25, -0.2) is 9.59 Å². The van der Waals surface area contributed by atoms with Gasteiger partial charge in [-0.05, 0) is 46.6 Å². The average molecular weight is 367 g/mol. The lowest BCUT2D eigenvalue weighted by Gasteiger charge is -2.30. The first-order valence-electron chi connectivity index (χ1n) is 6.63. The molecule has 0 saturated carbocycles. The van der Waals surface area contributed by atoms with E-state index in [1.165, 1.54) is 0 Å². The number of ether oxygens (including phenoxy) is 1. The molecule has 8 heteroatoms. The normalized spacial score (nSPS) is 14.1. The van der Waals surface area contributed by atoms with Gasteiger partial charge in [0.1, 0.15) is 5.60 Å². The predicted molar refractivity (Wildman–Crippen MR) is 81.4 cm³/mol. The van der Waals surface area contributed by atoms with Crippen LogP contribution in [0.1, 0.15) is 40.0 Å². The summed E-state index contributed by atoms with van der Waals surface area (Å²) >= 11 is 2.95. The molecule has 21 heavy (non-hydrogen) atoms. The van der Waals surface area contributed by atoms with Crippen LogP contribution in [0.25, 0.3) is 0 Å². The van der Waals surface area contributed by atoms with Gasteiger partial charge in [0, 0.05) is 0 Å². The van der Waals surface area contributed by atoms with Crippen molar-refractivity contribution in [2.24, 2.45) is 5.73 Å². The molecule has 1 unspecified atom stereocenters. The molecular weight excluding hydrogens is 344 g/mol. The molecule has 0 spiro atoms. The van der Waals surface area contributed by atoms with Gasteiger partial charge in [0.2, 0.25) is 0 Å². The average Bonchev–Trinajstić information content (AvgIpc) is 2.34. The Balaban J connectivity index is 5.22. The molecule has 4 N–H and O–H groups in total. The molecule has 0 saturated heterocycles. The Kier molecular flexibility index (Phi) is 7.87. The van der Waals surface area contributed by atoms with Gasteiger partial charge >= 0.3 is 12.1 Å². The maximum absolute atomic E-state index is 12.0. The molecule has 0 radical (unpaired) electrons. The summed E-state index contributed by atoms with van der Waals surface area (Å²) in [6.45, 7) is 5.33. The summed E-state index contributed by atoms with van der Waals surface area (Å²) < 4.78 is 5.04. The van der Waals surface area contributed by atoms with Gasteiger partial charge in [-0.2, -0.15) is 0 Å². The van der Waals surface area contributed by atoms with Crippen molar-refractivity contribution in [3.8, 4) is 0 Å². The maximum atomic E-state index is 12.0. The largest absolute Gasteiger partial charge is 0.479 e. The molecule has 0 aromatic heterocycles. The molecule has 122 valence electrons. The van der Waals surface area contributed by atoms with Gasteiger partial charge in [-0.1, -0.05) is 15.9 Å². The second kappa shape index (κ2) is 8.33. The molecule has 0 aromatic carbocycles. The first kappa shape index (κ1) is 19.9. The van der Waals surface area contributed by atoms with E-state index < -0.39 is 29.0 Å². The minimum Gasteiger partial charge on any atom is -0.479 e. The number of nitrogens with two attached hydrogens (primary N) is 1. The molecule has 0 aliphatic carbocycles. The van der Waals surface area contributed by atoms with Gasteiger partial charge in [0.05, 0.1) is 5.33 Å². The van der Waals surface area contributed by atoms with Gasteiger partial charge in [-0.3, -0.25) is 10.1 Å². The standard InChI is InChI=1S/C13H23BrN2O5/c1-12(2,3)21-11(20)16-13(10(18)19,9(17)8-14)6-4-5-7-15/h4-8,15H2,1-3H3,(H,16,20)(H,18,19). The first-order valence-corrected chi connectivity index (χ1v) is 7.75. The second-order valence-corrected chi connectivity index (χ2v) is 6.20. The number of nitrogens with one attached hydrogen (secondary N) is 1. The predicted octanol–water partition coefficient (Wildman–Crippen LogP) is 1.43. The fourth-order valence-electron chi connectivity index (χ4n) is 1.68. The summed E-state index contributed by atoms with van der Waals surface area (Å²) in [5.74, 6) is -2.05. The first-order chi connectivity index (χ1) is 9.59. The van der Waals surface area contributed by atoms with E-state index in [1.54, 1.807) is 20.8 Å². The van der Waals surface area contributed by atoms with Crippen molar-refractivity contribution < 1.29 is 24.2 Å². The van der Waals surface area contributed by atoms with E-state index in [2.05, 4.69) is 21.2 Å². The number of rotatable bonds is 8. The highest BCUT2D eigenvalue weighted by atomic mass is 79.9. The SMILES string of the molecule is CC(C)(C)OC(=O)NC(CCCCN)(C(=O)O)C(=O)CBr. The number of hydrogen-bond acceptors (Lipinski definition) is 5. The third-order valence-electron chi connectivity index (χ3n) is 2.68. The summed E-state index contributed by atoms with van der Waals surface area (Å²) in [7, 11) is 0. The number of ketones is 1. The quantitative estimate of drug-likeness (QED) is 0.339. The van der Waals surface area contributed by atoms with E-state index in [4.69, 9.17) is 10.5 Å². The summed E-state index contributed by atoms with van der Waals surface area (Å²) in [5.41, 5.74) is 2.59. The molecular formula is C13H23BrN2O5. The molecule has 0 heterocycles. The Morgan fingerprint density at radius 3 is 2.19 bits per heavy atom. The number of Topliss-reactive ketones (excluding diaryl/α,β-unsaturated/α-hetero) is 1. The van der Waals surface area contributed by atoms with Crippen LogP contribution in [-0.2, 0) is 14.3 Å². The molecule has 0 fully saturated rings. The number of carboxylic acids is 1. The minimum atomic E-state index is -2.00. The van der Waals surface area contributed by atoms with Crippen LogP contribution in [0.2, 0.25) is 0 Å². The number of halogens is 1. The second-order valence-electron chi connectivity index (χ2n) is 5.64. The van der Waals surface area contributed by atoms with Gasteiger partial charge in [0.25, 0.3) is 0 Å². The number of carbonyl (C=O) groups is 3. The highest BCUT2D eigenvalue weighted by Crippen LogP contribution is 2.19. The van der Waals surface area contributed by atoms with Crippen LogP contribution in [-0.4, -0.2) is 46.0 Å². The van der Waals surface area contributed by atoms with E-state index in [0.29, 0.717) is 19.4 Å². The number of carboxylic acid groups (broad SMARTS) is 1. The van der Waals surface area contributed by atoms with Crippen LogP contribution in [0.4, 0.5) is 4.79 Å². The number of amides is 1. The number of carbonyl (C=O) groups excluding carboxylic acids is 2. The third kappa shape index (κ3) is 6.43. The molecule has 7 nitrogen and oxygen atoms in total. The van der Waals surface area contributed by atoms with Crippen molar-refractivity contribution in [3.63, 3.8) is 0 Å². The van der Waals surface area contributed by atoms with Gasteiger partial charge in [0.15, 0.2) is 11.3 Å². The molecule has 0 aliphatic heterocycles. The summed E-state index contributed by atoms with van der Waals surface area (Å²) in [5, 5.41) is 11.5. The maximum Gasteiger partial charge on any atom is 0.408 e. The monoisotopic (exact) mass is 366 g/mol. The Morgan fingerprint density at radius 2 is 1.81 bits per heavy atom. The fraction of sp³-hybridized carbons (Fsp3) is 0.769. The van der Waals surface area contributed by atoms with Crippen LogP contribution in [0.3, 0.4) is 0 Å². The Hall–Kier alpha value is -1.15. The highest BCUT2D eigenvalue weighted by Gasteiger charge is 2.46. The van der Waals surface area contributed by atoms with E-state index in [1.807, 2.05) is 0 Å². The van der Waals surface area contributed by atoms with E-state index in [-0.39, 0.29) is 11.8 Å². The van der Waals surface area contributed by atoms with Gasteiger partial charge < -0.3 is 15.6 Å². The molecule has 1 atom stereocenters. The van der Waals surface area contributed by atoms with Crippen molar-refractivity contribution in [1.29, 1.82) is 0 Å². The molecule has 0 rings (SSSR count). The van der Waals surface area contributed by atoms with E-state index in [0.717, 1.165) is 0 Å². The topological polar surface area (TPSA) is 119 Å². The Bertz CT molecular complexity index is 395. The molecule has 0 bridgehead atoms. The lowest BCUT2D eigenvalue weighted by Crippen LogP contribution is -2.61. The van der Waals surface area contributed by atoms with Gasteiger partial charge in [-0.15, -0.1) is 0 Å². The number of aliphatic carboxylic acids is 1. The number of alkyl halides is 1. The van der Waals surface area contributed by atoms with Crippen molar-refractivity contribution in [2.75, 3.05) is 11.9 Å². The van der Waals surface area contributed by atoms with Crippen molar-refractivity contribution in [1.82, 2.24) is 5.32 Å². The lowest BCUT2D eigenvalue weighted by molar-refractivity contribution is -0.149. The van der Waals surface area contributed by atoms with Crippen molar-refractivity contribution in [2.45, 2.75) is 51.2 Å². The zero-order valence-electron chi connectivity index (χ0n) is 12.6.